The molecule has 1 aromatic carbocycles. The second-order valence-corrected chi connectivity index (χ2v) is 5.57. The van der Waals surface area contributed by atoms with Crippen LogP contribution < -0.4 is 5.32 Å². The summed E-state index contributed by atoms with van der Waals surface area (Å²) in [7, 11) is 0. The van der Waals surface area contributed by atoms with E-state index in [-0.39, 0.29) is 18.0 Å². The molecule has 1 amide bonds. The molecule has 100 valence electrons. The van der Waals surface area contributed by atoms with E-state index < -0.39 is 11.9 Å². The summed E-state index contributed by atoms with van der Waals surface area (Å²) in [4.78, 5) is 12.2. The third-order valence-electron chi connectivity index (χ3n) is 2.52. The van der Waals surface area contributed by atoms with Gasteiger partial charge in [0, 0.05) is 12.1 Å². The minimum absolute atomic E-state index is 0.0602. The Balaban J connectivity index is 1.96. The zero-order valence-corrected chi connectivity index (χ0v) is 11.3. The van der Waals surface area contributed by atoms with Crippen molar-refractivity contribution in [3.8, 4) is 0 Å². The van der Waals surface area contributed by atoms with Crippen LogP contribution in [0.4, 0.5) is 4.39 Å². The summed E-state index contributed by atoms with van der Waals surface area (Å²) >= 11 is 6.87. The average molecular weight is 300 g/mol. The van der Waals surface area contributed by atoms with Crippen molar-refractivity contribution in [2.75, 3.05) is 6.54 Å². The Bertz CT molecular complexity index is 588. The third-order valence-corrected chi connectivity index (χ3v) is 3.75. The van der Waals surface area contributed by atoms with Gasteiger partial charge < -0.3 is 10.4 Å². The molecule has 0 saturated carbocycles. The summed E-state index contributed by atoms with van der Waals surface area (Å²) in [5, 5.41) is 12.4. The molecule has 0 aliphatic heterocycles. The first-order chi connectivity index (χ1) is 9.08. The van der Waals surface area contributed by atoms with Crippen LogP contribution in [0.5, 0.6) is 0 Å². The summed E-state index contributed by atoms with van der Waals surface area (Å²) in [5.74, 6) is -0.837. The number of carbonyl (C=O) groups is 1. The van der Waals surface area contributed by atoms with Crippen LogP contribution in [0.25, 0.3) is 0 Å². The molecule has 2 N–H and O–H groups in total. The van der Waals surface area contributed by atoms with Gasteiger partial charge in [-0.05, 0) is 18.2 Å². The second-order valence-electron chi connectivity index (χ2n) is 3.85. The highest BCUT2D eigenvalue weighted by Crippen LogP contribution is 2.21. The fraction of sp³-hybridized carbons (Fsp3) is 0.154. The average Bonchev–Trinajstić information content (AvgIpc) is 2.83. The van der Waals surface area contributed by atoms with Gasteiger partial charge in [0.15, 0.2) is 0 Å². The van der Waals surface area contributed by atoms with E-state index in [4.69, 9.17) is 11.6 Å². The van der Waals surface area contributed by atoms with Crippen LogP contribution in [-0.4, -0.2) is 17.6 Å². The van der Waals surface area contributed by atoms with E-state index in [1.165, 1.54) is 18.2 Å². The van der Waals surface area contributed by atoms with Gasteiger partial charge in [-0.25, -0.2) is 4.39 Å². The highest BCUT2D eigenvalue weighted by molar-refractivity contribution is 7.17. The molecule has 0 radical (unpaired) electrons. The Labute approximate surface area is 118 Å². The van der Waals surface area contributed by atoms with Gasteiger partial charge in [-0.1, -0.05) is 29.8 Å². The van der Waals surface area contributed by atoms with E-state index in [0.717, 1.165) is 11.3 Å². The number of carbonyl (C=O) groups excluding carboxylic acids is 1. The van der Waals surface area contributed by atoms with Crippen LogP contribution >= 0.6 is 22.9 Å². The van der Waals surface area contributed by atoms with Crippen molar-refractivity contribution in [1.29, 1.82) is 0 Å². The van der Waals surface area contributed by atoms with Crippen LogP contribution in [-0.2, 0) is 0 Å². The molecule has 1 aromatic heterocycles. The number of benzene rings is 1. The number of halogens is 2. The van der Waals surface area contributed by atoms with Crippen molar-refractivity contribution in [1.82, 2.24) is 5.32 Å². The lowest BCUT2D eigenvalue weighted by atomic mass is 10.1. The number of thiophene rings is 1. The molecule has 0 spiro atoms. The molecule has 6 heteroatoms. The van der Waals surface area contributed by atoms with Gasteiger partial charge in [-0.3, -0.25) is 4.79 Å². The predicted octanol–water partition coefficient (Wildman–Crippen LogP) is 3.00. The fourth-order valence-electron chi connectivity index (χ4n) is 1.57. The van der Waals surface area contributed by atoms with Crippen LogP contribution in [0.15, 0.2) is 36.4 Å². The molecule has 0 bridgehead atoms. The third kappa shape index (κ3) is 3.53. The summed E-state index contributed by atoms with van der Waals surface area (Å²) in [5.41, 5.74) is 0.159. The van der Waals surface area contributed by atoms with E-state index in [2.05, 4.69) is 5.32 Å². The van der Waals surface area contributed by atoms with Gasteiger partial charge in [0.25, 0.3) is 5.91 Å². The van der Waals surface area contributed by atoms with Gasteiger partial charge >= 0.3 is 0 Å². The zero-order chi connectivity index (χ0) is 13.8. The SMILES string of the molecule is O=C(NC[C@@H](O)c1ccccc1F)c1ccc(Cl)s1. The number of hydrogen-bond donors (Lipinski definition) is 2. The van der Waals surface area contributed by atoms with E-state index >= 15 is 0 Å². The number of aliphatic hydroxyl groups is 1. The van der Waals surface area contributed by atoms with Gasteiger partial charge in [0.05, 0.1) is 15.3 Å². The first-order valence-corrected chi connectivity index (χ1v) is 6.73. The maximum Gasteiger partial charge on any atom is 0.261 e. The van der Waals surface area contributed by atoms with E-state index in [9.17, 15) is 14.3 Å². The van der Waals surface area contributed by atoms with E-state index in [1.54, 1.807) is 18.2 Å². The molecular formula is C13H11ClFNO2S. The lowest BCUT2D eigenvalue weighted by molar-refractivity contribution is 0.0918. The van der Waals surface area contributed by atoms with Crippen LogP contribution in [0.1, 0.15) is 21.3 Å². The molecule has 0 unspecified atom stereocenters. The molecule has 1 atom stereocenters. The predicted molar refractivity (Wildman–Crippen MR) is 73.0 cm³/mol. The topological polar surface area (TPSA) is 49.3 Å². The fourth-order valence-corrected chi connectivity index (χ4v) is 2.53. The summed E-state index contributed by atoms with van der Waals surface area (Å²) < 4.78 is 13.9. The molecule has 2 aromatic rings. The quantitative estimate of drug-likeness (QED) is 0.912. The molecule has 1 heterocycles. The highest BCUT2D eigenvalue weighted by atomic mass is 35.5. The van der Waals surface area contributed by atoms with Crippen molar-refractivity contribution < 1.29 is 14.3 Å². The Hall–Kier alpha value is -1.43. The number of nitrogens with one attached hydrogen (secondary N) is 1. The lowest BCUT2D eigenvalue weighted by Gasteiger charge is -2.12. The maximum absolute atomic E-state index is 13.4. The normalized spacial score (nSPS) is 12.2. The monoisotopic (exact) mass is 299 g/mol. The molecule has 0 fully saturated rings. The molecule has 3 nitrogen and oxygen atoms in total. The maximum atomic E-state index is 13.4. The Morgan fingerprint density at radius 1 is 1.37 bits per heavy atom. The first kappa shape index (κ1) is 14.0. The van der Waals surface area contributed by atoms with Gasteiger partial charge in [0.1, 0.15) is 5.82 Å². The van der Waals surface area contributed by atoms with Crippen LogP contribution in [0, 0.1) is 5.82 Å². The minimum atomic E-state index is -1.08. The van der Waals surface area contributed by atoms with Gasteiger partial charge in [0.2, 0.25) is 0 Å². The number of amides is 1. The van der Waals surface area contributed by atoms with Gasteiger partial charge in [-0.15, -0.1) is 11.3 Å². The largest absolute Gasteiger partial charge is 0.386 e. The molecule has 0 saturated heterocycles. The summed E-state index contributed by atoms with van der Waals surface area (Å²) in [6, 6.07) is 9.13. The number of aliphatic hydroxyl groups excluding tert-OH is 1. The lowest BCUT2D eigenvalue weighted by Crippen LogP contribution is -2.28. The van der Waals surface area contributed by atoms with Crippen molar-refractivity contribution in [3.63, 3.8) is 0 Å². The van der Waals surface area contributed by atoms with E-state index in [0.29, 0.717) is 9.21 Å². The molecule has 0 aliphatic rings. The zero-order valence-electron chi connectivity index (χ0n) is 9.77. The molecular weight excluding hydrogens is 289 g/mol. The molecule has 19 heavy (non-hydrogen) atoms. The van der Waals surface area contributed by atoms with Crippen LogP contribution in [0.3, 0.4) is 0 Å². The van der Waals surface area contributed by atoms with Gasteiger partial charge in [-0.2, -0.15) is 0 Å². The van der Waals surface area contributed by atoms with Crippen molar-refractivity contribution >= 4 is 28.8 Å². The second kappa shape index (κ2) is 6.14. The van der Waals surface area contributed by atoms with Crippen molar-refractivity contribution in [2.24, 2.45) is 0 Å². The Kier molecular flexibility index (Phi) is 4.52. The number of rotatable bonds is 4. The highest BCUT2D eigenvalue weighted by Gasteiger charge is 2.14. The van der Waals surface area contributed by atoms with E-state index in [1.807, 2.05) is 0 Å². The molecule has 2 rings (SSSR count). The van der Waals surface area contributed by atoms with Crippen molar-refractivity contribution in [2.45, 2.75) is 6.10 Å². The van der Waals surface area contributed by atoms with Crippen molar-refractivity contribution in [3.05, 3.63) is 57.0 Å². The molecule has 0 aliphatic carbocycles. The standard InChI is InChI=1S/C13H11ClFNO2S/c14-12-6-5-11(19-12)13(18)16-7-10(17)8-3-1-2-4-9(8)15/h1-6,10,17H,7H2,(H,16,18)/t10-/m1/s1. The summed E-state index contributed by atoms with van der Waals surface area (Å²) in [6.45, 7) is -0.0602. The Morgan fingerprint density at radius 3 is 2.74 bits per heavy atom. The van der Waals surface area contributed by atoms with Crippen LogP contribution in [0.2, 0.25) is 4.34 Å². The minimum Gasteiger partial charge on any atom is -0.386 e. The Morgan fingerprint density at radius 2 is 2.11 bits per heavy atom. The smallest absolute Gasteiger partial charge is 0.261 e. The summed E-state index contributed by atoms with van der Waals surface area (Å²) in [6.07, 6.45) is -1.08. The first-order valence-electron chi connectivity index (χ1n) is 5.54. The number of hydrogen-bond acceptors (Lipinski definition) is 3.